The molecule has 1 saturated carbocycles. The van der Waals surface area contributed by atoms with Crippen LogP contribution < -0.4 is 5.32 Å². The van der Waals surface area contributed by atoms with Crippen LogP contribution in [0.4, 0.5) is 0 Å². The summed E-state index contributed by atoms with van der Waals surface area (Å²) in [5, 5.41) is 5.92. The van der Waals surface area contributed by atoms with Crippen LogP contribution in [0.2, 0.25) is 0 Å². The Labute approximate surface area is 124 Å². The van der Waals surface area contributed by atoms with Crippen molar-refractivity contribution in [2.24, 2.45) is 11.8 Å². The van der Waals surface area contributed by atoms with Crippen molar-refractivity contribution < 1.29 is 0 Å². The third-order valence-corrected chi connectivity index (χ3v) is 4.79. The number of alkyl halides is 2. The Morgan fingerprint density at radius 1 is 0.824 bits per heavy atom. The lowest BCUT2D eigenvalue weighted by Crippen LogP contribution is -2.18. The average molecular weight is 369 g/mol. The number of hydrogen-bond acceptors (Lipinski definition) is 1. The number of unbranched alkanes of at least 4 members (excludes halogenated alkanes) is 4. The highest BCUT2D eigenvalue weighted by molar-refractivity contribution is 9.09. The van der Waals surface area contributed by atoms with Crippen LogP contribution in [0.15, 0.2) is 0 Å². The summed E-state index contributed by atoms with van der Waals surface area (Å²) < 4.78 is 0. The molecule has 0 bridgehead atoms. The highest BCUT2D eigenvalue weighted by Gasteiger charge is 2.35. The van der Waals surface area contributed by atoms with Gasteiger partial charge in [0.15, 0.2) is 0 Å². The van der Waals surface area contributed by atoms with Crippen LogP contribution >= 0.6 is 31.9 Å². The first-order chi connectivity index (χ1) is 8.38. The van der Waals surface area contributed by atoms with Gasteiger partial charge in [-0.05, 0) is 50.6 Å². The summed E-state index contributed by atoms with van der Waals surface area (Å²) in [7, 11) is 0. The Hall–Kier alpha value is 0.920. The van der Waals surface area contributed by atoms with Crippen molar-refractivity contribution in [2.45, 2.75) is 51.4 Å². The van der Waals surface area contributed by atoms with Crippen molar-refractivity contribution in [1.29, 1.82) is 0 Å². The summed E-state index contributed by atoms with van der Waals surface area (Å²) in [5.41, 5.74) is 0. The Morgan fingerprint density at radius 2 is 1.53 bits per heavy atom. The lowest BCUT2D eigenvalue weighted by molar-refractivity contribution is 0.538. The molecule has 0 amide bonds. The first-order valence-corrected chi connectivity index (χ1v) is 9.45. The van der Waals surface area contributed by atoms with Crippen molar-refractivity contribution in [3.63, 3.8) is 0 Å². The zero-order valence-corrected chi connectivity index (χ0v) is 14.1. The first kappa shape index (κ1) is 16.0. The van der Waals surface area contributed by atoms with E-state index in [0.717, 1.165) is 17.2 Å². The standard InChI is InChI=1S/C14H27Br2N/c15-8-4-2-1-3-7-13-11-14(13)12-17-10-6-5-9-16/h13-14,17H,1-12H2. The molecular formula is C14H27Br2N. The maximum atomic E-state index is 3.60. The Bertz CT molecular complexity index is 158. The summed E-state index contributed by atoms with van der Waals surface area (Å²) in [4.78, 5) is 0. The fourth-order valence-electron chi connectivity index (χ4n) is 2.40. The van der Waals surface area contributed by atoms with E-state index in [1.165, 1.54) is 69.8 Å². The number of rotatable bonds is 12. The van der Waals surface area contributed by atoms with Crippen molar-refractivity contribution in [3.8, 4) is 0 Å². The van der Waals surface area contributed by atoms with Gasteiger partial charge in [0.2, 0.25) is 0 Å². The molecule has 0 heterocycles. The third kappa shape index (κ3) is 8.61. The van der Waals surface area contributed by atoms with Gasteiger partial charge < -0.3 is 5.32 Å². The SMILES string of the molecule is BrCCCCCCC1CC1CNCCCCBr. The molecule has 1 fully saturated rings. The molecule has 1 N–H and O–H groups in total. The van der Waals surface area contributed by atoms with E-state index >= 15 is 0 Å². The molecule has 1 aliphatic rings. The van der Waals surface area contributed by atoms with Crippen molar-refractivity contribution in [3.05, 3.63) is 0 Å². The van der Waals surface area contributed by atoms with Gasteiger partial charge >= 0.3 is 0 Å². The number of hydrogen-bond donors (Lipinski definition) is 1. The molecule has 0 radical (unpaired) electrons. The maximum Gasteiger partial charge on any atom is 0.00317 e. The number of halogens is 2. The monoisotopic (exact) mass is 367 g/mol. The van der Waals surface area contributed by atoms with Gasteiger partial charge in [-0.15, -0.1) is 0 Å². The van der Waals surface area contributed by atoms with Gasteiger partial charge in [-0.25, -0.2) is 0 Å². The van der Waals surface area contributed by atoms with E-state index in [1.807, 2.05) is 0 Å². The maximum absolute atomic E-state index is 3.60. The molecular weight excluding hydrogens is 342 g/mol. The molecule has 0 aliphatic heterocycles. The Morgan fingerprint density at radius 3 is 2.29 bits per heavy atom. The second-order valence-electron chi connectivity index (χ2n) is 5.25. The molecule has 2 unspecified atom stereocenters. The van der Waals surface area contributed by atoms with Gasteiger partial charge in [-0.1, -0.05) is 57.5 Å². The first-order valence-electron chi connectivity index (χ1n) is 7.21. The van der Waals surface area contributed by atoms with Crippen molar-refractivity contribution >= 4 is 31.9 Å². The van der Waals surface area contributed by atoms with E-state index in [-0.39, 0.29) is 0 Å². The normalized spacial score (nSPS) is 22.9. The van der Waals surface area contributed by atoms with Crippen LogP contribution in [0.1, 0.15) is 51.4 Å². The fraction of sp³-hybridized carbons (Fsp3) is 1.00. The quantitative estimate of drug-likeness (QED) is 0.387. The van der Waals surface area contributed by atoms with Gasteiger partial charge in [-0.2, -0.15) is 0 Å². The van der Waals surface area contributed by atoms with Crippen LogP contribution in [-0.2, 0) is 0 Å². The molecule has 0 aromatic heterocycles. The topological polar surface area (TPSA) is 12.0 Å². The predicted octanol–water partition coefficient (Wildman–Crippen LogP) is 4.73. The van der Waals surface area contributed by atoms with Gasteiger partial charge in [0, 0.05) is 10.7 Å². The molecule has 0 saturated heterocycles. The van der Waals surface area contributed by atoms with E-state index in [9.17, 15) is 0 Å². The van der Waals surface area contributed by atoms with Crippen LogP contribution in [0.25, 0.3) is 0 Å². The van der Waals surface area contributed by atoms with Crippen molar-refractivity contribution in [1.82, 2.24) is 5.32 Å². The molecule has 1 nitrogen and oxygen atoms in total. The minimum absolute atomic E-state index is 1.01. The molecule has 0 aromatic carbocycles. The molecule has 1 aliphatic carbocycles. The van der Waals surface area contributed by atoms with Crippen LogP contribution in [0, 0.1) is 11.8 Å². The van der Waals surface area contributed by atoms with E-state index < -0.39 is 0 Å². The fourth-order valence-corrected chi connectivity index (χ4v) is 3.19. The summed E-state index contributed by atoms with van der Waals surface area (Å²) in [5.74, 6) is 2.07. The second-order valence-corrected chi connectivity index (χ2v) is 6.83. The summed E-state index contributed by atoms with van der Waals surface area (Å²) in [6.45, 7) is 2.48. The highest BCUT2D eigenvalue weighted by Crippen LogP contribution is 2.41. The molecule has 2 atom stereocenters. The summed E-state index contributed by atoms with van der Waals surface area (Å²) in [6.07, 6.45) is 11.2. The van der Waals surface area contributed by atoms with Crippen LogP contribution in [0.3, 0.4) is 0 Å². The smallest absolute Gasteiger partial charge is 0.00317 e. The van der Waals surface area contributed by atoms with Gasteiger partial charge in [0.05, 0.1) is 0 Å². The van der Waals surface area contributed by atoms with Gasteiger partial charge in [-0.3, -0.25) is 0 Å². The summed E-state index contributed by atoms with van der Waals surface area (Å²) >= 11 is 6.96. The molecule has 102 valence electrons. The van der Waals surface area contributed by atoms with Gasteiger partial charge in [0.1, 0.15) is 0 Å². The lowest BCUT2D eigenvalue weighted by atomic mass is 10.1. The average Bonchev–Trinajstić information content (AvgIpc) is 3.07. The zero-order valence-electron chi connectivity index (χ0n) is 10.9. The largest absolute Gasteiger partial charge is 0.316 e. The van der Waals surface area contributed by atoms with E-state index in [2.05, 4.69) is 37.2 Å². The minimum atomic E-state index is 1.01. The molecule has 17 heavy (non-hydrogen) atoms. The minimum Gasteiger partial charge on any atom is -0.316 e. The zero-order chi connectivity index (χ0) is 12.3. The molecule has 3 heteroatoms. The second kappa shape index (κ2) is 10.8. The van der Waals surface area contributed by atoms with Crippen LogP contribution in [0.5, 0.6) is 0 Å². The third-order valence-electron chi connectivity index (χ3n) is 3.67. The molecule has 1 rings (SSSR count). The predicted molar refractivity (Wildman–Crippen MR) is 84.4 cm³/mol. The highest BCUT2D eigenvalue weighted by atomic mass is 79.9. The van der Waals surface area contributed by atoms with E-state index in [4.69, 9.17) is 0 Å². The van der Waals surface area contributed by atoms with Crippen LogP contribution in [-0.4, -0.2) is 23.7 Å². The lowest BCUT2D eigenvalue weighted by Gasteiger charge is -2.03. The van der Waals surface area contributed by atoms with Gasteiger partial charge in [0.25, 0.3) is 0 Å². The van der Waals surface area contributed by atoms with Crippen molar-refractivity contribution in [2.75, 3.05) is 23.7 Å². The van der Waals surface area contributed by atoms with E-state index in [1.54, 1.807) is 0 Å². The number of nitrogens with one attached hydrogen (secondary N) is 1. The van der Waals surface area contributed by atoms with E-state index in [0.29, 0.717) is 0 Å². The molecule has 0 spiro atoms. The summed E-state index contributed by atoms with van der Waals surface area (Å²) in [6, 6.07) is 0. The Balaban J connectivity index is 1.78. The molecule has 0 aromatic rings. The Kier molecular flexibility index (Phi) is 10.2.